The van der Waals surface area contributed by atoms with Crippen LogP contribution in [0.3, 0.4) is 0 Å². The Balaban J connectivity index is 1.26. The molecule has 2 aromatic rings. The summed E-state index contributed by atoms with van der Waals surface area (Å²) in [5, 5.41) is 15.8. The number of fused-ring (bicyclic) bond motifs is 6. The molecule has 0 unspecified atom stereocenters. The number of aliphatic hydroxyl groups is 1. The first-order valence-electron chi connectivity index (χ1n) is 14.9. The molecule has 224 valence electrons. The summed E-state index contributed by atoms with van der Waals surface area (Å²) >= 11 is 0.499. The standard InChI is InChI=1S/C32H35F3N2O4S/c1-29-14-19-16-36-37(22-8-6-21(34)7-9-22)25(19)13-20(29)5-10-24-23-11-12-31(28(40)42-17-33,41-27(39)18-3-4-18)30(23,2)15-26(38)32(24,29)35/h6-9,13,16,18,23-24,26,38H,3-5,10-12,14-15,17H2,1-2H3/t23-,24-,26-,29-,30-,31-,32-/m0/s1. The molecule has 5 aliphatic carbocycles. The highest BCUT2D eigenvalue weighted by Crippen LogP contribution is 2.71. The molecule has 0 aliphatic heterocycles. The van der Waals surface area contributed by atoms with E-state index in [1.54, 1.807) is 23.0 Å². The van der Waals surface area contributed by atoms with Gasteiger partial charge in [-0.1, -0.05) is 19.4 Å². The quantitative estimate of drug-likeness (QED) is 0.416. The fourth-order valence-corrected chi connectivity index (χ4v) is 9.83. The normalized spacial score (nSPS) is 38.5. The Kier molecular flexibility index (Phi) is 6.35. The van der Waals surface area contributed by atoms with Crippen molar-refractivity contribution in [2.75, 3.05) is 6.01 Å². The van der Waals surface area contributed by atoms with Gasteiger partial charge in [-0.2, -0.15) is 5.10 Å². The number of carbonyl (C=O) groups excluding carboxylic acids is 2. The van der Waals surface area contributed by atoms with Gasteiger partial charge in [-0.25, -0.2) is 17.9 Å². The second-order valence-electron chi connectivity index (χ2n) is 13.4. The van der Waals surface area contributed by atoms with Crippen LogP contribution in [0.2, 0.25) is 0 Å². The molecular weight excluding hydrogens is 565 g/mol. The van der Waals surface area contributed by atoms with Gasteiger partial charge in [-0.05, 0) is 105 Å². The van der Waals surface area contributed by atoms with Crippen molar-refractivity contribution in [1.82, 2.24) is 9.78 Å². The van der Waals surface area contributed by atoms with Crippen molar-refractivity contribution in [3.8, 4) is 5.69 Å². The lowest BCUT2D eigenvalue weighted by Crippen LogP contribution is -2.70. The molecule has 1 heterocycles. The molecule has 5 aliphatic rings. The fraction of sp³-hybridized carbons (Fsp3) is 0.594. The van der Waals surface area contributed by atoms with E-state index in [9.17, 15) is 23.5 Å². The summed E-state index contributed by atoms with van der Waals surface area (Å²) < 4.78 is 52.8. The number of hydrogen-bond acceptors (Lipinski definition) is 6. The number of benzene rings is 1. The molecule has 4 fully saturated rings. The molecule has 1 aromatic heterocycles. The zero-order chi connectivity index (χ0) is 29.7. The smallest absolute Gasteiger partial charge is 0.309 e. The van der Waals surface area contributed by atoms with Crippen LogP contribution in [0.1, 0.15) is 70.1 Å². The number of alkyl halides is 2. The molecule has 0 bridgehead atoms. The number of aliphatic hydroxyl groups excluding tert-OH is 1. The first-order chi connectivity index (χ1) is 20.0. The average molecular weight is 601 g/mol. The van der Waals surface area contributed by atoms with E-state index in [-0.39, 0.29) is 30.5 Å². The Morgan fingerprint density at radius 1 is 1.14 bits per heavy atom. The van der Waals surface area contributed by atoms with Crippen molar-refractivity contribution in [1.29, 1.82) is 0 Å². The molecule has 7 atom stereocenters. The Labute approximate surface area is 247 Å². The van der Waals surface area contributed by atoms with Crippen LogP contribution in [0, 0.1) is 34.4 Å². The summed E-state index contributed by atoms with van der Waals surface area (Å²) in [6.45, 7) is 3.72. The highest BCUT2D eigenvalue weighted by Gasteiger charge is 2.76. The van der Waals surface area contributed by atoms with Crippen LogP contribution in [0.5, 0.6) is 0 Å². The van der Waals surface area contributed by atoms with Crippen molar-refractivity contribution >= 4 is 28.9 Å². The largest absolute Gasteiger partial charge is 0.449 e. The Hall–Kier alpha value is -2.59. The van der Waals surface area contributed by atoms with E-state index in [0.29, 0.717) is 56.0 Å². The third kappa shape index (κ3) is 3.66. The van der Waals surface area contributed by atoms with Gasteiger partial charge < -0.3 is 9.84 Å². The number of carbonyl (C=O) groups is 2. The number of ether oxygens (including phenoxy) is 1. The summed E-state index contributed by atoms with van der Waals surface area (Å²) in [5.41, 5.74) is -2.37. The minimum Gasteiger partial charge on any atom is -0.449 e. The Morgan fingerprint density at radius 2 is 1.88 bits per heavy atom. The Bertz CT molecular complexity index is 1490. The van der Waals surface area contributed by atoms with Crippen LogP contribution in [0.25, 0.3) is 11.8 Å². The number of thioether (sulfide) groups is 1. The van der Waals surface area contributed by atoms with E-state index in [2.05, 4.69) is 5.10 Å². The van der Waals surface area contributed by atoms with E-state index in [1.165, 1.54) is 12.1 Å². The maximum atomic E-state index is 18.0. The third-order valence-electron chi connectivity index (χ3n) is 11.5. The van der Waals surface area contributed by atoms with E-state index >= 15 is 4.39 Å². The van der Waals surface area contributed by atoms with Gasteiger partial charge in [0.15, 0.2) is 5.60 Å². The summed E-state index contributed by atoms with van der Waals surface area (Å²) in [7, 11) is 0. The number of allylic oxidation sites excluding steroid dienone is 1. The molecule has 6 nitrogen and oxygen atoms in total. The maximum absolute atomic E-state index is 18.0. The molecule has 0 radical (unpaired) electrons. The molecule has 10 heteroatoms. The molecule has 7 rings (SSSR count). The lowest BCUT2D eigenvalue weighted by atomic mass is 9.44. The van der Waals surface area contributed by atoms with Gasteiger partial charge in [-0.3, -0.25) is 9.59 Å². The Morgan fingerprint density at radius 3 is 2.57 bits per heavy atom. The van der Waals surface area contributed by atoms with Gasteiger partial charge >= 0.3 is 5.97 Å². The van der Waals surface area contributed by atoms with Crippen molar-refractivity contribution in [2.24, 2.45) is 28.6 Å². The fourth-order valence-electron chi connectivity index (χ4n) is 9.12. The van der Waals surface area contributed by atoms with Crippen LogP contribution in [0.15, 0.2) is 36.0 Å². The lowest BCUT2D eigenvalue weighted by molar-refractivity contribution is -0.229. The zero-order valence-corrected chi connectivity index (χ0v) is 24.6. The number of nitrogens with zero attached hydrogens (tertiary/aromatic N) is 2. The monoisotopic (exact) mass is 600 g/mol. The van der Waals surface area contributed by atoms with Gasteiger partial charge in [0.2, 0.25) is 5.12 Å². The van der Waals surface area contributed by atoms with E-state index in [1.807, 2.05) is 19.9 Å². The molecule has 0 saturated heterocycles. The van der Waals surface area contributed by atoms with Gasteiger partial charge in [0.05, 0.1) is 29.6 Å². The first-order valence-corrected chi connectivity index (χ1v) is 15.8. The van der Waals surface area contributed by atoms with Crippen LogP contribution in [-0.2, 0) is 20.7 Å². The number of aromatic nitrogens is 2. The van der Waals surface area contributed by atoms with Gasteiger partial charge in [0, 0.05) is 16.7 Å². The first kappa shape index (κ1) is 28.2. The van der Waals surface area contributed by atoms with Crippen LogP contribution in [0.4, 0.5) is 13.2 Å². The number of rotatable bonds is 5. The molecular formula is C32H35F3N2O4S. The number of halogens is 3. The van der Waals surface area contributed by atoms with Crippen LogP contribution >= 0.6 is 11.8 Å². The van der Waals surface area contributed by atoms with E-state index in [4.69, 9.17) is 4.74 Å². The van der Waals surface area contributed by atoms with Gasteiger partial charge in [-0.15, -0.1) is 0 Å². The van der Waals surface area contributed by atoms with Gasteiger partial charge in [0.25, 0.3) is 0 Å². The van der Waals surface area contributed by atoms with Crippen molar-refractivity contribution in [3.05, 3.63) is 53.1 Å². The highest BCUT2D eigenvalue weighted by molar-refractivity contribution is 8.13. The predicted octanol–water partition coefficient (Wildman–Crippen LogP) is 6.14. The number of hydrogen-bond donors (Lipinski definition) is 1. The maximum Gasteiger partial charge on any atom is 0.309 e. The van der Waals surface area contributed by atoms with Crippen LogP contribution < -0.4 is 0 Å². The second-order valence-corrected chi connectivity index (χ2v) is 14.3. The predicted molar refractivity (Wildman–Crippen MR) is 151 cm³/mol. The highest BCUT2D eigenvalue weighted by atomic mass is 32.2. The van der Waals surface area contributed by atoms with Gasteiger partial charge in [0.1, 0.15) is 17.5 Å². The summed E-state index contributed by atoms with van der Waals surface area (Å²) in [6, 6.07) is 5.11. The SMILES string of the molecule is C[C@]12Cc3cnn(-c4ccc(F)cc4)c3C=C1CC[C@H]1[C@@H]3CC[C@](OC(=O)C4CC4)(C(=O)SCF)[C@@]3(C)C[C@H](O)[C@@]12F. The molecule has 1 aromatic carbocycles. The summed E-state index contributed by atoms with van der Waals surface area (Å²) in [6.07, 6.45) is 5.66. The molecule has 4 saturated carbocycles. The summed E-state index contributed by atoms with van der Waals surface area (Å²) in [4.78, 5) is 26.5. The van der Waals surface area contributed by atoms with E-state index in [0.717, 1.165) is 16.8 Å². The molecule has 42 heavy (non-hydrogen) atoms. The van der Waals surface area contributed by atoms with Crippen molar-refractivity contribution in [2.45, 2.75) is 82.6 Å². The molecule has 1 N–H and O–H groups in total. The third-order valence-corrected chi connectivity index (χ3v) is 12.2. The average Bonchev–Trinajstić information content (AvgIpc) is 3.67. The molecule has 0 spiro atoms. The number of esters is 1. The topological polar surface area (TPSA) is 81.4 Å². The molecule has 0 amide bonds. The van der Waals surface area contributed by atoms with Crippen LogP contribution in [-0.4, -0.2) is 49.4 Å². The van der Waals surface area contributed by atoms with Crippen molar-refractivity contribution in [3.63, 3.8) is 0 Å². The van der Waals surface area contributed by atoms with Crippen molar-refractivity contribution < 1.29 is 32.6 Å². The lowest BCUT2D eigenvalue weighted by Gasteiger charge is -2.63. The minimum absolute atomic E-state index is 0.0637. The minimum atomic E-state index is -2.00. The van der Waals surface area contributed by atoms with E-state index < -0.39 is 51.2 Å². The summed E-state index contributed by atoms with van der Waals surface area (Å²) in [5.74, 6) is -1.95. The second kappa shape index (κ2) is 9.45. The zero-order valence-electron chi connectivity index (χ0n) is 23.7.